The molecule has 0 aliphatic carbocycles. The SMILES string of the molecule is COC(=O)/C=C/C(=C\S(=O)(=O)c1ccccc1)c1ccccc1. The summed E-state index contributed by atoms with van der Waals surface area (Å²) in [5.41, 5.74) is 1.09. The number of rotatable bonds is 5. The zero-order valence-corrected chi connectivity index (χ0v) is 13.4. The summed E-state index contributed by atoms with van der Waals surface area (Å²) in [7, 11) is -2.36. The summed E-state index contributed by atoms with van der Waals surface area (Å²) in [5, 5.41) is 1.15. The van der Waals surface area contributed by atoms with Crippen molar-refractivity contribution in [2.75, 3.05) is 7.11 Å². The van der Waals surface area contributed by atoms with Crippen LogP contribution in [-0.4, -0.2) is 21.5 Å². The predicted molar refractivity (Wildman–Crippen MR) is 89.2 cm³/mol. The third kappa shape index (κ3) is 4.66. The standard InChI is InChI=1S/C18H16O4S/c1-22-18(19)13-12-16(15-8-4-2-5-9-15)14-23(20,21)17-10-6-3-7-11-17/h2-14H,1H3/b13-12+,16-14+. The first-order valence-electron chi connectivity index (χ1n) is 6.86. The zero-order chi connectivity index (χ0) is 16.7. The minimum atomic E-state index is -3.63. The summed E-state index contributed by atoms with van der Waals surface area (Å²) >= 11 is 0. The van der Waals surface area contributed by atoms with Crippen LogP contribution in [0.15, 0.2) is 83.1 Å². The highest BCUT2D eigenvalue weighted by molar-refractivity contribution is 7.94. The molecule has 0 fully saturated rings. The molecule has 0 unspecified atom stereocenters. The molecule has 0 heterocycles. The van der Waals surface area contributed by atoms with E-state index in [1.165, 1.54) is 31.4 Å². The van der Waals surface area contributed by atoms with Gasteiger partial charge in [-0.05, 0) is 29.3 Å². The van der Waals surface area contributed by atoms with E-state index in [0.29, 0.717) is 11.1 Å². The van der Waals surface area contributed by atoms with Crippen LogP contribution in [0.4, 0.5) is 0 Å². The summed E-state index contributed by atoms with van der Waals surface area (Å²) < 4.78 is 29.6. The highest BCUT2D eigenvalue weighted by Crippen LogP contribution is 2.21. The van der Waals surface area contributed by atoms with Crippen LogP contribution < -0.4 is 0 Å². The molecule has 0 saturated carbocycles. The average Bonchev–Trinajstić information content (AvgIpc) is 2.59. The molecule has 0 aliphatic rings. The number of carbonyl (C=O) groups is 1. The van der Waals surface area contributed by atoms with Crippen molar-refractivity contribution in [2.24, 2.45) is 0 Å². The zero-order valence-electron chi connectivity index (χ0n) is 12.5. The van der Waals surface area contributed by atoms with E-state index in [1.807, 2.05) is 6.07 Å². The second kappa shape index (κ2) is 7.56. The molecular formula is C18H16O4S. The number of methoxy groups -OCH3 is 1. The Bertz CT molecular complexity index is 820. The Morgan fingerprint density at radius 2 is 1.48 bits per heavy atom. The molecule has 0 aliphatic heterocycles. The Balaban J connectivity index is 2.49. The lowest BCUT2D eigenvalue weighted by atomic mass is 10.1. The van der Waals surface area contributed by atoms with Gasteiger partial charge in [-0.2, -0.15) is 0 Å². The van der Waals surface area contributed by atoms with Gasteiger partial charge in [0.2, 0.25) is 0 Å². The van der Waals surface area contributed by atoms with Crippen LogP contribution >= 0.6 is 0 Å². The topological polar surface area (TPSA) is 60.4 Å². The van der Waals surface area contributed by atoms with Gasteiger partial charge in [0, 0.05) is 11.5 Å². The number of hydrogen-bond acceptors (Lipinski definition) is 4. The van der Waals surface area contributed by atoms with Crippen molar-refractivity contribution < 1.29 is 17.9 Å². The van der Waals surface area contributed by atoms with E-state index in [9.17, 15) is 13.2 Å². The third-order valence-electron chi connectivity index (χ3n) is 3.06. The number of ether oxygens (including phenoxy) is 1. The molecule has 2 aromatic rings. The summed E-state index contributed by atoms with van der Waals surface area (Å²) in [5.74, 6) is -0.552. The summed E-state index contributed by atoms with van der Waals surface area (Å²) in [6.45, 7) is 0. The molecule has 0 atom stereocenters. The van der Waals surface area contributed by atoms with Gasteiger partial charge in [0.1, 0.15) is 0 Å². The molecule has 2 rings (SSSR count). The van der Waals surface area contributed by atoms with E-state index >= 15 is 0 Å². The normalized spacial score (nSPS) is 12.3. The number of hydrogen-bond donors (Lipinski definition) is 0. The van der Waals surface area contributed by atoms with Gasteiger partial charge in [0.25, 0.3) is 0 Å². The first-order chi connectivity index (χ1) is 11.0. The number of sulfone groups is 1. The van der Waals surface area contributed by atoms with Gasteiger partial charge in [-0.3, -0.25) is 0 Å². The second-order valence-corrected chi connectivity index (χ2v) is 6.45. The van der Waals surface area contributed by atoms with Gasteiger partial charge in [0.05, 0.1) is 12.0 Å². The summed E-state index contributed by atoms with van der Waals surface area (Å²) in [4.78, 5) is 11.5. The van der Waals surface area contributed by atoms with Gasteiger partial charge in [-0.1, -0.05) is 48.5 Å². The van der Waals surface area contributed by atoms with Crippen LogP contribution in [0.25, 0.3) is 5.57 Å². The largest absolute Gasteiger partial charge is 0.466 e. The Morgan fingerprint density at radius 1 is 0.913 bits per heavy atom. The quantitative estimate of drug-likeness (QED) is 0.480. The Kier molecular flexibility index (Phi) is 5.49. The van der Waals surface area contributed by atoms with Crippen LogP contribution in [0.5, 0.6) is 0 Å². The number of benzene rings is 2. The van der Waals surface area contributed by atoms with Crippen molar-refractivity contribution in [1.82, 2.24) is 0 Å². The fraction of sp³-hybridized carbons (Fsp3) is 0.0556. The molecule has 4 nitrogen and oxygen atoms in total. The number of allylic oxidation sites excluding steroid dienone is 2. The average molecular weight is 328 g/mol. The number of carbonyl (C=O) groups excluding carboxylic acids is 1. The summed E-state index contributed by atoms with van der Waals surface area (Å²) in [6.07, 6.45) is 2.63. The van der Waals surface area contributed by atoms with Gasteiger partial charge < -0.3 is 4.74 Å². The maximum Gasteiger partial charge on any atom is 0.330 e. The molecule has 0 spiro atoms. The second-order valence-electron chi connectivity index (χ2n) is 4.65. The van der Waals surface area contributed by atoms with Crippen LogP contribution in [-0.2, 0) is 19.4 Å². The van der Waals surface area contributed by atoms with Crippen molar-refractivity contribution in [3.63, 3.8) is 0 Å². The van der Waals surface area contributed by atoms with E-state index in [2.05, 4.69) is 4.74 Å². The predicted octanol–water partition coefficient (Wildman–Crippen LogP) is 3.23. The highest BCUT2D eigenvalue weighted by Gasteiger charge is 2.12. The molecular weight excluding hydrogens is 312 g/mol. The molecule has 118 valence electrons. The Morgan fingerprint density at radius 3 is 2.04 bits per heavy atom. The molecule has 0 bridgehead atoms. The van der Waals surface area contributed by atoms with Crippen molar-refractivity contribution in [2.45, 2.75) is 4.90 Å². The fourth-order valence-corrected chi connectivity index (χ4v) is 3.13. The third-order valence-corrected chi connectivity index (χ3v) is 4.55. The molecule has 0 amide bonds. The molecule has 0 saturated heterocycles. The minimum absolute atomic E-state index is 0.194. The number of esters is 1. The summed E-state index contributed by atoms with van der Waals surface area (Å²) in [6, 6.07) is 17.1. The van der Waals surface area contributed by atoms with E-state index in [0.717, 1.165) is 5.41 Å². The van der Waals surface area contributed by atoms with Crippen LogP contribution in [0.1, 0.15) is 5.56 Å². The van der Waals surface area contributed by atoms with Crippen molar-refractivity contribution >= 4 is 21.4 Å². The van der Waals surface area contributed by atoms with Gasteiger partial charge >= 0.3 is 5.97 Å². The van der Waals surface area contributed by atoms with Gasteiger partial charge in [0.15, 0.2) is 9.84 Å². The lowest BCUT2D eigenvalue weighted by molar-refractivity contribution is -0.134. The van der Waals surface area contributed by atoms with E-state index < -0.39 is 15.8 Å². The lowest BCUT2D eigenvalue weighted by Gasteiger charge is -2.04. The monoisotopic (exact) mass is 328 g/mol. The highest BCUT2D eigenvalue weighted by atomic mass is 32.2. The maximum absolute atomic E-state index is 12.5. The van der Waals surface area contributed by atoms with E-state index in [1.54, 1.807) is 42.5 Å². The first kappa shape index (κ1) is 16.7. The van der Waals surface area contributed by atoms with Gasteiger partial charge in [-0.25, -0.2) is 13.2 Å². The molecule has 0 radical (unpaired) electrons. The van der Waals surface area contributed by atoms with E-state index in [-0.39, 0.29) is 4.90 Å². The lowest BCUT2D eigenvalue weighted by Crippen LogP contribution is -1.98. The van der Waals surface area contributed by atoms with E-state index in [4.69, 9.17) is 0 Å². The molecule has 23 heavy (non-hydrogen) atoms. The first-order valence-corrected chi connectivity index (χ1v) is 8.41. The molecule has 0 N–H and O–H groups in total. The van der Waals surface area contributed by atoms with Crippen molar-refractivity contribution in [3.8, 4) is 0 Å². The van der Waals surface area contributed by atoms with Crippen LogP contribution in [0, 0.1) is 0 Å². The Labute approximate surface area is 135 Å². The van der Waals surface area contributed by atoms with Crippen LogP contribution in [0.3, 0.4) is 0 Å². The molecule has 0 aromatic heterocycles. The van der Waals surface area contributed by atoms with Crippen molar-refractivity contribution in [1.29, 1.82) is 0 Å². The fourth-order valence-electron chi connectivity index (χ4n) is 1.91. The van der Waals surface area contributed by atoms with Gasteiger partial charge in [-0.15, -0.1) is 0 Å². The maximum atomic E-state index is 12.5. The van der Waals surface area contributed by atoms with Crippen molar-refractivity contribution in [3.05, 3.63) is 83.8 Å². The minimum Gasteiger partial charge on any atom is -0.466 e. The smallest absolute Gasteiger partial charge is 0.330 e. The van der Waals surface area contributed by atoms with Crippen LogP contribution in [0.2, 0.25) is 0 Å². The molecule has 5 heteroatoms. The Hall–Kier alpha value is -2.66. The molecule has 2 aromatic carbocycles.